The van der Waals surface area contributed by atoms with Crippen LogP contribution in [-0.2, 0) is 20.1 Å². The monoisotopic (exact) mass is 522 g/mol. The third-order valence-corrected chi connectivity index (χ3v) is 6.22. The average Bonchev–Trinajstić information content (AvgIpc) is 3.17. The Kier molecular flexibility index (Phi) is 8.56. The van der Waals surface area contributed by atoms with Crippen molar-refractivity contribution in [1.82, 2.24) is 24.9 Å². The van der Waals surface area contributed by atoms with Gasteiger partial charge in [-0.15, -0.1) is 24.0 Å². The Morgan fingerprint density at radius 3 is 2.73 bits per heavy atom. The largest absolute Gasteiger partial charge is 0.357 e. The van der Waals surface area contributed by atoms with Gasteiger partial charge in [0.25, 0.3) is 0 Å². The molecule has 30 heavy (non-hydrogen) atoms. The van der Waals surface area contributed by atoms with Crippen LogP contribution in [0.1, 0.15) is 37.3 Å². The first-order chi connectivity index (χ1) is 14.2. The van der Waals surface area contributed by atoms with E-state index in [1.807, 2.05) is 24.1 Å². The SMILES string of the molecule is CCNC(=NCc1cnn(C)c1)N1CCC2C(CCCN2Cc2ccccc2)C1.I. The maximum Gasteiger partial charge on any atom is 0.194 e. The van der Waals surface area contributed by atoms with Gasteiger partial charge in [0.2, 0.25) is 0 Å². The fourth-order valence-electron chi connectivity index (χ4n) is 4.86. The molecule has 2 fully saturated rings. The summed E-state index contributed by atoms with van der Waals surface area (Å²) >= 11 is 0. The second-order valence-corrected chi connectivity index (χ2v) is 8.35. The molecular weight excluding hydrogens is 487 g/mol. The molecule has 2 aliphatic rings. The van der Waals surface area contributed by atoms with Crippen LogP contribution >= 0.6 is 24.0 Å². The van der Waals surface area contributed by atoms with E-state index in [9.17, 15) is 0 Å². The molecule has 1 aromatic heterocycles. The molecule has 3 heterocycles. The van der Waals surface area contributed by atoms with E-state index in [0.29, 0.717) is 12.6 Å². The first kappa shape index (κ1) is 23.1. The number of aliphatic imine (C=N–C) groups is 1. The van der Waals surface area contributed by atoms with Crippen molar-refractivity contribution in [3.05, 3.63) is 53.9 Å². The molecule has 2 aromatic rings. The van der Waals surface area contributed by atoms with Crippen LogP contribution in [0.5, 0.6) is 0 Å². The van der Waals surface area contributed by atoms with Crippen LogP contribution in [-0.4, -0.2) is 57.8 Å². The number of hydrogen-bond acceptors (Lipinski definition) is 3. The van der Waals surface area contributed by atoms with E-state index in [2.05, 4.69) is 57.5 Å². The van der Waals surface area contributed by atoms with Gasteiger partial charge < -0.3 is 10.2 Å². The summed E-state index contributed by atoms with van der Waals surface area (Å²) in [4.78, 5) is 10.1. The number of hydrogen-bond donors (Lipinski definition) is 1. The fraction of sp³-hybridized carbons (Fsp3) is 0.565. The van der Waals surface area contributed by atoms with E-state index in [0.717, 1.165) is 43.6 Å². The minimum atomic E-state index is 0. The Balaban J connectivity index is 0.00000256. The molecule has 164 valence electrons. The average molecular weight is 522 g/mol. The molecule has 2 atom stereocenters. The second kappa shape index (κ2) is 11.1. The van der Waals surface area contributed by atoms with Crippen LogP contribution in [0.15, 0.2) is 47.7 Å². The Labute approximate surface area is 197 Å². The predicted octanol–water partition coefficient (Wildman–Crippen LogP) is 3.49. The summed E-state index contributed by atoms with van der Waals surface area (Å²) in [6, 6.07) is 11.6. The molecule has 2 unspecified atom stereocenters. The van der Waals surface area contributed by atoms with Gasteiger partial charge in [-0.25, -0.2) is 4.99 Å². The standard InChI is InChI=1S/C23H34N6.HI/c1-3-24-23(25-14-20-15-26-27(2)16-20)29-13-11-22-21(18-29)10-7-12-28(22)17-19-8-5-4-6-9-19;/h4-6,8-9,15-16,21-22H,3,7,10-14,17-18H2,1-2H3,(H,24,25);1H. The lowest BCUT2D eigenvalue weighted by molar-refractivity contribution is 0.0372. The number of piperidine rings is 2. The number of halogens is 1. The zero-order chi connectivity index (χ0) is 20.1. The van der Waals surface area contributed by atoms with E-state index in [1.165, 1.54) is 31.4 Å². The Bertz CT molecular complexity index is 805. The summed E-state index contributed by atoms with van der Waals surface area (Å²) in [5.41, 5.74) is 2.59. The highest BCUT2D eigenvalue weighted by molar-refractivity contribution is 14.0. The van der Waals surface area contributed by atoms with Crippen molar-refractivity contribution >= 4 is 29.9 Å². The third kappa shape index (κ3) is 5.75. The molecule has 6 nitrogen and oxygen atoms in total. The van der Waals surface area contributed by atoms with Crippen LogP contribution in [0.25, 0.3) is 0 Å². The van der Waals surface area contributed by atoms with Gasteiger partial charge in [0.15, 0.2) is 5.96 Å². The molecule has 0 bridgehead atoms. The molecule has 1 aromatic carbocycles. The minimum absolute atomic E-state index is 0. The Hall–Kier alpha value is -1.61. The first-order valence-corrected chi connectivity index (χ1v) is 11.0. The zero-order valence-electron chi connectivity index (χ0n) is 18.2. The van der Waals surface area contributed by atoms with E-state index < -0.39 is 0 Å². The maximum atomic E-state index is 4.91. The van der Waals surface area contributed by atoms with E-state index >= 15 is 0 Å². The van der Waals surface area contributed by atoms with Crippen LogP contribution < -0.4 is 5.32 Å². The van der Waals surface area contributed by atoms with E-state index in [-0.39, 0.29) is 24.0 Å². The molecule has 0 aliphatic carbocycles. The highest BCUT2D eigenvalue weighted by Crippen LogP contribution is 2.31. The number of aromatic nitrogens is 2. The van der Waals surface area contributed by atoms with Crippen LogP contribution in [0, 0.1) is 5.92 Å². The number of fused-ring (bicyclic) bond motifs is 1. The molecule has 0 spiro atoms. The molecule has 7 heteroatoms. The van der Waals surface area contributed by atoms with Gasteiger partial charge in [-0.1, -0.05) is 30.3 Å². The number of likely N-dealkylation sites (tertiary alicyclic amines) is 2. The van der Waals surface area contributed by atoms with Crippen LogP contribution in [0.3, 0.4) is 0 Å². The molecule has 2 saturated heterocycles. The molecule has 4 rings (SSSR count). The molecule has 0 saturated carbocycles. The van der Waals surface area contributed by atoms with Crippen molar-refractivity contribution < 1.29 is 0 Å². The van der Waals surface area contributed by atoms with Gasteiger partial charge in [0, 0.05) is 51.0 Å². The molecule has 1 N–H and O–H groups in total. The summed E-state index contributed by atoms with van der Waals surface area (Å²) in [6.07, 6.45) is 7.79. The normalized spacial score (nSPS) is 22.3. The number of guanidine groups is 1. The first-order valence-electron chi connectivity index (χ1n) is 11.0. The van der Waals surface area contributed by atoms with Crippen molar-refractivity contribution in [3.8, 4) is 0 Å². The van der Waals surface area contributed by atoms with Gasteiger partial charge in [-0.05, 0) is 44.2 Å². The van der Waals surface area contributed by atoms with Crippen LogP contribution in [0.4, 0.5) is 0 Å². The number of benzene rings is 1. The minimum Gasteiger partial charge on any atom is -0.357 e. The van der Waals surface area contributed by atoms with Crippen molar-refractivity contribution in [2.45, 2.75) is 45.3 Å². The number of nitrogens with zero attached hydrogens (tertiary/aromatic N) is 5. The van der Waals surface area contributed by atoms with Gasteiger partial charge in [-0.2, -0.15) is 5.10 Å². The van der Waals surface area contributed by atoms with Gasteiger partial charge in [0.1, 0.15) is 0 Å². The van der Waals surface area contributed by atoms with E-state index in [4.69, 9.17) is 4.99 Å². The number of rotatable bonds is 5. The smallest absolute Gasteiger partial charge is 0.194 e. The second-order valence-electron chi connectivity index (χ2n) is 8.35. The molecular formula is C23H35IN6. The molecule has 2 aliphatic heterocycles. The van der Waals surface area contributed by atoms with Crippen molar-refractivity contribution in [1.29, 1.82) is 0 Å². The summed E-state index contributed by atoms with van der Waals surface area (Å²) < 4.78 is 1.84. The topological polar surface area (TPSA) is 48.7 Å². The molecule has 0 amide bonds. The zero-order valence-corrected chi connectivity index (χ0v) is 20.5. The lowest BCUT2D eigenvalue weighted by Crippen LogP contribution is -2.56. The third-order valence-electron chi connectivity index (χ3n) is 6.22. The maximum absolute atomic E-state index is 4.91. The lowest BCUT2D eigenvalue weighted by Gasteiger charge is -2.48. The quantitative estimate of drug-likeness (QED) is 0.371. The highest BCUT2D eigenvalue weighted by atomic mass is 127. The predicted molar refractivity (Wildman–Crippen MR) is 133 cm³/mol. The summed E-state index contributed by atoms with van der Waals surface area (Å²) in [5.74, 6) is 1.78. The van der Waals surface area contributed by atoms with Crippen LogP contribution in [0.2, 0.25) is 0 Å². The fourth-order valence-corrected chi connectivity index (χ4v) is 4.86. The summed E-state index contributed by atoms with van der Waals surface area (Å²) in [5, 5.41) is 7.77. The molecule has 0 radical (unpaired) electrons. The van der Waals surface area contributed by atoms with Crippen molar-refractivity contribution in [2.75, 3.05) is 26.2 Å². The van der Waals surface area contributed by atoms with Gasteiger partial charge >= 0.3 is 0 Å². The summed E-state index contributed by atoms with van der Waals surface area (Å²) in [6.45, 7) is 8.22. The summed E-state index contributed by atoms with van der Waals surface area (Å²) in [7, 11) is 1.95. The number of nitrogens with one attached hydrogen (secondary N) is 1. The van der Waals surface area contributed by atoms with Gasteiger partial charge in [0.05, 0.1) is 12.7 Å². The van der Waals surface area contributed by atoms with E-state index in [1.54, 1.807) is 0 Å². The van der Waals surface area contributed by atoms with Gasteiger partial charge in [-0.3, -0.25) is 9.58 Å². The Morgan fingerprint density at radius 1 is 1.17 bits per heavy atom. The Morgan fingerprint density at radius 2 is 2.00 bits per heavy atom. The number of aryl methyl sites for hydroxylation is 1. The van der Waals surface area contributed by atoms with Crippen molar-refractivity contribution in [3.63, 3.8) is 0 Å². The van der Waals surface area contributed by atoms with Crippen molar-refractivity contribution in [2.24, 2.45) is 18.0 Å². The highest BCUT2D eigenvalue weighted by Gasteiger charge is 2.36. The lowest BCUT2D eigenvalue weighted by atomic mass is 9.83.